The van der Waals surface area contributed by atoms with Gasteiger partial charge in [-0.25, -0.2) is 0 Å². The van der Waals surface area contributed by atoms with E-state index in [9.17, 15) is 4.79 Å². The zero-order valence-corrected chi connectivity index (χ0v) is 12.2. The van der Waals surface area contributed by atoms with Gasteiger partial charge >= 0.3 is 0 Å². The molecule has 1 aromatic carbocycles. The minimum Gasteiger partial charge on any atom is -0.326 e. The third-order valence-electron chi connectivity index (χ3n) is 3.50. The van der Waals surface area contributed by atoms with Crippen molar-refractivity contribution >= 4 is 34.2 Å². The molecule has 1 saturated carbocycles. The molecule has 0 unspecified atom stereocenters. The number of amides is 1. The van der Waals surface area contributed by atoms with Crippen LogP contribution in [-0.4, -0.2) is 5.91 Å². The van der Waals surface area contributed by atoms with Crippen LogP contribution in [-0.2, 0) is 4.79 Å². The number of rotatable bonds is 2. The van der Waals surface area contributed by atoms with E-state index < -0.39 is 0 Å². The van der Waals surface area contributed by atoms with Crippen LogP contribution in [0.5, 0.6) is 0 Å². The summed E-state index contributed by atoms with van der Waals surface area (Å²) in [5.41, 5.74) is 0.911. The average molecular weight is 343 g/mol. The Balaban J connectivity index is 1.90. The monoisotopic (exact) mass is 343 g/mol. The summed E-state index contributed by atoms with van der Waals surface area (Å²) in [6, 6.07) is 7.95. The SMILES string of the molecule is CC1CCC(C(=O)Nc2ccc(I)cc2)CC1. The van der Waals surface area contributed by atoms with Crippen LogP contribution < -0.4 is 5.32 Å². The molecule has 92 valence electrons. The summed E-state index contributed by atoms with van der Waals surface area (Å²) in [5.74, 6) is 1.20. The number of hydrogen-bond donors (Lipinski definition) is 1. The van der Waals surface area contributed by atoms with E-state index in [1.807, 2.05) is 24.3 Å². The highest BCUT2D eigenvalue weighted by Gasteiger charge is 2.24. The molecule has 1 aromatic rings. The van der Waals surface area contributed by atoms with Crippen molar-refractivity contribution in [2.24, 2.45) is 11.8 Å². The quantitative estimate of drug-likeness (QED) is 0.807. The molecule has 1 N–H and O–H groups in total. The Hall–Kier alpha value is -0.580. The average Bonchev–Trinajstić information content (AvgIpc) is 2.33. The minimum absolute atomic E-state index is 0.193. The van der Waals surface area contributed by atoms with Gasteiger partial charge in [-0.05, 0) is 78.5 Å². The molecular formula is C14H18INO. The molecule has 0 aromatic heterocycles. The molecule has 0 radical (unpaired) electrons. The van der Waals surface area contributed by atoms with Crippen LogP contribution >= 0.6 is 22.6 Å². The molecule has 1 aliphatic carbocycles. The highest BCUT2D eigenvalue weighted by molar-refractivity contribution is 14.1. The number of nitrogens with one attached hydrogen (secondary N) is 1. The lowest BCUT2D eigenvalue weighted by molar-refractivity contribution is -0.121. The molecule has 0 atom stereocenters. The maximum Gasteiger partial charge on any atom is 0.227 e. The van der Waals surface area contributed by atoms with Crippen LogP contribution in [0.3, 0.4) is 0 Å². The lowest BCUT2D eigenvalue weighted by Gasteiger charge is -2.25. The number of benzene rings is 1. The predicted molar refractivity (Wildman–Crippen MR) is 78.9 cm³/mol. The van der Waals surface area contributed by atoms with Crippen LogP contribution in [0.25, 0.3) is 0 Å². The van der Waals surface area contributed by atoms with Gasteiger partial charge in [0, 0.05) is 15.2 Å². The Morgan fingerprint density at radius 2 is 1.76 bits per heavy atom. The summed E-state index contributed by atoms with van der Waals surface area (Å²) in [7, 11) is 0. The second-order valence-electron chi connectivity index (χ2n) is 4.95. The third-order valence-corrected chi connectivity index (χ3v) is 4.22. The van der Waals surface area contributed by atoms with E-state index in [2.05, 4.69) is 34.8 Å². The van der Waals surface area contributed by atoms with Gasteiger partial charge in [0.2, 0.25) is 5.91 Å². The molecule has 0 aliphatic heterocycles. The van der Waals surface area contributed by atoms with Crippen molar-refractivity contribution in [3.63, 3.8) is 0 Å². The van der Waals surface area contributed by atoms with Crippen LogP contribution in [0.4, 0.5) is 5.69 Å². The molecule has 0 saturated heterocycles. The van der Waals surface area contributed by atoms with Crippen molar-refractivity contribution in [3.8, 4) is 0 Å². The predicted octanol–water partition coefficient (Wildman–Crippen LogP) is 4.06. The standard InChI is InChI=1S/C14H18INO/c1-10-2-4-11(5-3-10)14(17)16-13-8-6-12(15)7-9-13/h6-11H,2-5H2,1H3,(H,16,17). The first kappa shape index (κ1) is 12.9. The Bertz CT molecular complexity index is 380. The number of anilines is 1. The Morgan fingerprint density at radius 3 is 2.35 bits per heavy atom. The maximum absolute atomic E-state index is 12.0. The van der Waals surface area contributed by atoms with Crippen molar-refractivity contribution in [2.45, 2.75) is 32.6 Å². The van der Waals surface area contributed by atoms with E-state index >= 15 is 0 Å². The Morgan fingerprint density at radius 1 is 1.18 bits per heavy atom. The Labute approximate surface area is 116 Å². The van der Waals surface area contributed by atoms with Crippen LogP contribution in [0.15, 0.2) is 24.3 Å². The second-order valence-corrected chi connectivity index (χ2v) is 6.20. The van der Waals surface area contributed by atoms with Crippen LogP contribution in [0, 0.1) is 15.4 Å². The van der Waals surface area contributed by atoms with Gasteiger partial charge in [-0.1, -0.05) is 6.92 Å². The van der Waals surface area contributed by atoms with Gasteiger partial charge in [0.05, 0.1) is 0 Å². The maximum atomic E-state index is 12.0. The fourth-order valence-electron chi connectivity index (χ4n) is 2.30. The highest BCUT2D eigenvalue weighted by Crippen LogP contribution is 2.29. The molecule has 0 heterocycles. The van der Waals surface area contributed by atoms with E-state index in [4.69, 9.17) is 0 Å². The molecule has 1 amide bonds. The van der Waals surface area contributed by atoms with Crippen LogP contribution in [0.2, 0.25) is 0 Å². The zero-order valence-electron chi connectivity index (χ0n) is 10.1. The van der Waals surface area contributed by atoms with Crippen molar-refractivity contribution in [2.75, 3.05) is 5.32 Å². The molecule has 2 rings (SSSR count). The third kappa shape index (κ3) is 3.69. The normalized spacial score (nSPS) is 24.4. The lowest BCUT2D eigenvalue weighted by atomic mass is 9.82. The molecule has 0 bridgehead atoms. The first-order valence-electron chi connectivity index (χ1n) is 6.21. The molecule has 17 heavy (non-hydrogen) atoms. The fraction of sp³-hybridized carbons (Fsp3) is 0.500. The molecule has 2 nitrogen and oxygen atoms in total. The summed E-state index contributed by atoms with van der Waals surface area (Å²) in [6.45, 7) is 2.27. The van der Waals surface area contributed by atoms with Crippen molar-refractivity contribution < 1.29 is 4.79 Å². The van der Waals surface area contributed by atoms with E-state index in [1.165, 1.54) is 16.4 Å². The van der Waals surface area contributed by atoms with Crippen LogP contribution in [0.1, 0.15) is 32.6 Å². The van der Waals surface area contributed by atoms with E-state index in [0.29, 0.717) is 0 Å². The van der Waals surface area contributed by atoms with Crippen molar-refractivity contribution in [1.82, 2.24) is 0 Å². The smallest absolute Gasteiger partial charge is 0.227 e. The number of halogens is 1. The lowest BCUT2D eigenvalue weighted by Crippen LogP contribution is -2.26. The first-order chi connectivity index (χ1) is 8.15. The summed E-state index contributed by atoms with van der Waals surface area (Å²) in [4.78, 5) is 12.0. The number of carbonyl (C=O) groups excluding carboxylic acids is 1. The Kier molecular flexibility index (Phi) is 4.42. The van der Waals surface area contributed by atoms with Gasteiger partial charge in [-0.2, -0.15) is 0 Å². The van der Waals surface area contributed by atoms with Crippen molar-refractivity contribution in [3.05, 3.63) is 27.8 Å². The number of hydrogen-bond acceptors (Lipinski definition) is 1. The van der Waals surface area contributed by atoms with Crippen molar-refractivity contribution in [1.29, 1.82) is 0 Å². The van der Waals surface area contributed by atoms with Gasteiger partial charge in [0.25, 0.3) is 0 Å². The second kappa shape index (κ2) is 5.85. The largest absolute Gasteiger partial charge is 0.326 e. The minimum atomic E-state index is 0.193. The molecule has 0 spiro atoms. The summed E-state index contributed by atoms with van der Waals surface area (Å²) >= 11 is 2.26. The summed E-state index contributed by atoms with van der Waals surface area (Å²) < 4.78 is 1.19. The van der Waals surface area contributed by atoms with Gasteiger partial charge in [-0.3, -0.25) is 4.79 Å². The topological polar surface area (TPSA) is 29.1 Å². The van der Waals surface area contributed by atoms with Gasteiger partial charge < -0.3 is 5.32 Å². The molecule has 1 aliphatic rings. The highest BCUT2D eigenvalue weighted by atomic mass is 127. The summed E-state index contributed by atoms with van der Waals surface area (Å²) in [5, 5.41) is 3.01. The van der Waals surface area contributed by atoms with Gasteiger partial charge in [-0.15, -0.1) is 0 Å². The zero-order chi connectivity index (χ0) is 12.3. The summed E-state index contributed by atoms with van der Waals surface area (Å²) in [6.07, 6.45) is 4.45. The molecular weight excluding hydrogens is 325 g/mol. The van der Waals surface area contributed by atoms with Gasteiger partial charge in [0.15, 0.2) is 0 Å². The van der Waals surface area contributed by atoms with E-state index in [0.717, 1.165) is 24.4 Å². The molecule has 3 heteroatoms. The number of carbonyl (C=O) groups is 1. The van der Waals surface area contributed by atoms with E-state index in [1.54, 1.807) is 0 Å². The van der Waals surface area contributed by atoms with Gasteiger partial charge in [0.1, 0.15) is 0 Å². The first-order valence-corrected chi connectivity index (χ1v) is 7.29. The fourth-order valence-corrected chi connectivity index (χ4v) is 2.66. The molecule has 1 fully saturated rings. The van der Waals surface area contributed by atoms with E-state index in [-0.39, 0.29) is 11.8 Å².